The normalized spacial score (nSPS) is 22.6. The van der Waals surface area contributed by atoms with E-state index in [1.807, 2.05) is 4.90 Å². The van der Waals surface area contributed by atoms with Crippen LogP contribution in [-0.2, 0) is 14.8 Å². The molecule has 9 heteroatoms. The van der Waals surface area contributed by atoms with Gasteiger partial charge in [0.1, 0.15) is 0 Å². The molecule has 0 bridgehead atoms. The quantitative estimate of drug-likeness (QED) is 0.575. The van der Waals surface area contributed by atoms with Crippen LogP contribution in [0.2, 0.25) is 0 Å². The monoisotopic (exact) mass is 395 g/mol. The number of hydrogen-bond donors (Lipinski definition) is 0. The number of carbonyl (C=O) groups is 1. The van der Waals surface area contributed by atoms with Crippen molar-refractivity contribution in [1.29, 1.82) is 0 Å². The van der Waals surface area contributed by atoms with Gasteiger partial charge in [0, 0.05) is 37.7 Å². The first-order chi connectivity index (χ1) is 12.8. The molecule has 2 aliphatic heterocycles. The lowest BCUT2D eigenvalue weighted by molar-refractivity contribution is -0.387. The molecule has 0 spiro atoms. The van der Waals surface area contributed by atoms with E-state index in [0.29, 0.717) is 12.8 Å². The van der Waals surface area contributed by atoms with Crippen molar-refractivity contribution in [2.24, 2.45) is 5.92 Å². The molecule has 1 aromatic rings. The van der Waals surface area contributed by atoms with Gasteiger partial charge in [-0.1, -0.05) is 12.1 Å². The summed E-state index contributed by atoms with van der Waals surface area (Å²) in [5.41, 5.74) is -0.419. The molecule has 148 valence electrons. The van der Waals surface area contributed by atoms with Gasteiger partial charge in [-0.2, -0.15) is 4.31 Å². The summed E-state index contributed by atoms with van der Waals surface area (Å²) in [5.74, 6) is -0.0623. The van der Waals surface area contributed by atoms with Crippen LogP contribution in [0.25, 0.3) is 0 Å². The van der Waals surface area contributed by atoms with Crippen LogP contribution >= 0.6 is 0 Å². The molecule has 2 fully saturated rings. The molecule has 1 aromatic carbocycles. The molecule has 0 N–H and O–H groups in total. The van der Waals surface area contributed by atoms with E-state index in [1.165, 1.54) is 28.6 Å². The minimum atomic E-state index is -3.96. The van der Waals surface area contributed by atoms with Gasteiger partial charge in [0.25, 0.3) is 5.69 Å². The highest BCUT2D eigenvalue weighted by molar-refractivity contribution is 7.89. The first-order valence-corrected chi connectivity index (χ1v) is 10.8. The van der Waals surface area contributed by atoms with Crippen LogP contribution in [0.4, 0.5) is 5.69 Å². The number of nitrogens with zero attached hydrogens (tertiary/aromatic N) is 3. The maximum absolute atomic E-state index is 12.9. The lowest BCUT2D eigenvalue weighted by Gasteiger charge is -2.38. The Kier molecular flexibility index (Phi) is 5.81. The van der Waals surface area contributed by atoms with E-state index in [-0.39, 0.29) is 35.9 Å². The number of amides is 1. The van der Waals surface area contributed by atoms with Gasteiger partial charge in [0.05, 0.1) is 4.92 Å². The zero-order valence-electron chi connectivity index (χ0n) is 15.4. The van der Waals surface area contributed by atoms with Crippen molar-refractivity contribution in [3.63, 3.8) is 0 Å². The fraction of sp³-hybridized carbons (Fsp3) is 0.611. The Hall–Kier alpha value is -2.00. The minimum Gasteiger partial charge on any atom is -0.340 e. The molecule has 3 rings (SSSR count). The largest absolute Gasteiger partial charge is 0.340 e. The Labute approximate surface area is 159 Å². The van der Waals surface area contributed by atoms with E-state index in [2.05, 4.69) is 6.92 Å². The van der Waals surface area contributed by atoms with Crippen molar-refractivity contribution >= 4 is 21.6 Å². The average molecular weight is 395 g/mol. The van der Waals surface area contributed by atoms with E-state index >= 15 is 0 Å². The number of nitro groups is 1. The molecule has 2 heterocycles. The van der Waals surface area contributed by atoms with Crippen molar-refractivity contribution < 1.29 is 18.1 Å². The maximum atomic E-state index is 12.9. The SMILES string of the molecule is CC1CCCCN1C(=O)C1CCN(S(=O)(=O)c2ccccc2[N+](=O)[O-])CC1. The average Bonchev–Trinajstić information content (AvgIpc) is 2.68. The molecule has 1 unspecified atom stereocenters. The van der Waals surface area contributed by atoms with Gasteiger partial charge in [-0.3, -0.25) is 14.9 Å². The first-order valence-electron chi connectivity index (χ1n) is 9.36. The predicted octanol–water partition coefficient (Wildman–Crippen LogP) is 2.40. The number of sulfonamides is 1. The van der Waals surface area contributed by atoms with Crippen LogP contribution in [-0.4, -0.2) is 54.1 Å². The van der Waals surface area contributed by atoms with Crippen molar-refractivity contribution in [1.82, 2.24) is 9.21 Å². The first kappa shape index (κ1) is 19.8. The second-order valence-corrected chi connectivity index (χ2v) is 9.19. The standard InChI is InChI=1S/C18H25N3O5S/c1-14-6-4-5-11-20(14)18(22)15-9-12-19(13-10-15)27(25,26)17-8-3-2-7-16(17)21(23)24/h2-3,7-8,14-15H,4-6,9-13H2,1H3. The van der Waals surface area contributed by atoms with Crippen LogP contribution in [0.15, 0.2) is 29.2 Å². The minimum absolute atomic E-state index is 0.116. The lowest BCUT2D eigenvalue weighted by atomic mass is 9.94. The van der Waals surface area contributed by atoms with Gasteiger partial charge in [-0.05, 0) is 45.1 Å². The molecule has 8 nitrogen and oxygen atoms in total. The summed E-state index contributed by atoms with van der Waals surface area (Å²) < 4.78 is 27.0. The summed E-state index contributed by atoms with van der Waals surface area (Å²) in [4.78, 5) is 24.9. The molecular formula is C18H25N3O5S. The van der Waals surface area contributed by atoms with Crippen molar-refractivity contribution in [2.75, 3.05) is 19.6 Å². The third-order valence-electron chi connectivity index (χ3n) is 5.57. The second-order valence-electron chi connectivity index (χ2n) is 7.28. The van der Waals surface area contributed by atoms with E-state index in [4.69, 9.17) is 0 Å². The summed E-state index contributed by atoms with van der Waals surface area (Å²) in [6.07, 6.45) is 4.05. The predicted molar refractivity (Wildman–Crippen MR) is 99.6 cm³/mol. The topological polar surface area (TPSA) is 101 Å². The highest BCUT2D eigenvalue weighted by Crippen LogP contribution is 2.30. The maximum Gasteiger partial charge on any atom is 0.289 e. The Morgan fingerprint density at radius 2 is 1.78 bits per heavy atom. The summed E-state index contributed by atoms with van der Waals surface area (Å²) in [5, 5.41) is 11.2. The number of para-hydroxylation sites is 1. The van der Waals surface area contributed by atoms with E-state index < -0.39 is 20.6 Å². The van der Waals surface area contributed by atoms with Gasteiger partial charge in [0.2, 0.25) is 15.9 Å². The zero-order valence-corrected chi connectivity index (χ0v) is 16.2. The third kappa shape index (κ3) is 3.98. The molecule has 0 radical (unpaired) electrons. The number of nitro benzene ring substituents is 1. The second kappa shape index (κ2) is 7.93. The van der Waals surface area contributed by atoms with E-state index in [1.54, 1.807) is 0 Å². The molecule has 2 aliphatic rings. The van der Waals surface area contributed by atoms with Crippen molar-refractivity contribution in [3.05, 3.63) is 34.4 Å². The third-order valence-corrected chi connectivity index (χ3v) is 7.52. The number of hydrogen-bond acceptors (Lipinski definition) is 5. The number of likely N-dealkylation sites (tertiary alicyclic amines) is 1. The number of piperidine rings is 2. The molecule has 1 amide bonds. The number of rotatable bonds is 4. The fourth-order valence-electron chi connectivity index (χ4n) is 3.97. The van der Waals surface area contributed by atoms with Gasteiger partial charge in [-0.15, -0.1) is 0 Å². The lowest BCUT2D eigenvalue weighted by Crippen LogP contribution is -2.48. The molecule has 0 saturated carbocycles. The summed E-state index contributed by atoms with van der Waals surface area (Å²) in [6.45, 7) is 3.24. The molecule has 0 aliphatic carbocycles. The van der Waals surface area contributed by atoms with Crippen LogP contribution in [0.5, 0.6) is 0 Å². The number of benzene rings is 1. The van der Waals surface area contributed by atoms with Gasteiger partial charge in [0.15, 0.2) is 4.90 Å². The Morgan fingerprint density at radius 1 is 1.11 bits per heavy atom. The molecule has 0 aromatic heterocycles. The van der Waals surface area contributed by atoms with Crippen LogP contribution < -0.4 is 0 Å². The highest BCUT2D eigenvalue weighted by atomic mass is 32.2. The Bertz CT molecular complexity index is 818. The van der Waals surface area contributed by atoms with Crippen molar-refractivity contribution in [3.8, 4) is 0 Å². The Balaban J connectivity index is 1.70. The Morgan fingerprint density at radius 3 is 2.41 bits per heavy atom. The number of carbonyl (C=O) groups excluding carboxylic acids is 1. The van der Waals surface area contributed by atoms with Crippen LogP contribution in [0.3, 0.4) is 0 Å². The fourth-order valence-corrected chi connectivity index (χ4v) is 5.60. The van der Waals surface area contributed by atoms with Gasteiger partial charge < -0.3 is 4.90 Å². The van der Waals surface area contributed by atoms with Crippen LogP contribution in [0.1, 0.15) is 39.0 Å². The molecule has 1 atom stereocenters. The summed E-state index contributed by atoms with van der Waals surface area (Å²) >= 11 is 0. The van der Waals surface area contributed by atoms with Gasteiger partial charge in [-0.25, -0.2) is 8.42 Å². The molecule has 2 saturated heterocycles. The van der Waals surface area contributed by atoms with E-state index in [9.17, 15) is 23.3 Å². The van der Waals surface area contributed by atoms with Crippen LogP contribution in [0, 0.1) is 16.0 Å². The van der Waals surface area contributed by atoms with Gasteiger partial charge >= 0.3 is 0 Å². The molecular weight excluding hydrogens is 370 g/mol. The highest BCUT2D eigenvalue weighted by Gasteiger charge is 2.37. The van der Waals surface area contributed by atoms with E-state index in [0.717, 1.165) is 25.8 Å². The summed E-state index contributed by atoms with van der Waals surface area (Å²) in [7, 11) is -3.96. The zero-order chi connectivity index (χ0) is 19.6. The summed E-state index contributed by atoms with van der Waals surface area (Å²) in [6, 6.07) is 5.62. The van der Waals surface area contributed by atoms with Crippen molar-refractivity contribution in [2.45, 2.75) is 50.0 Å². The molecule has 27 heavy (non-hydrogen) atoms. The smallest absolute Gasteiger partial charge is 0.289 e.